The standard InChI is InChI=1S/C22H31N5O3S/c1-3-27-21(30)18(31-22(27)19(23)15(2)28)14-25-17-8-6-16(7-9-17)20(29)24-10-13-26-11-4-5-12-26/h6-9,18,25H,3-5,10-14,23H2,1-2H3,(H,24,29)/b22-19+/t18-/m1/s1. The van der Waals surface area contributed by atoms with E-state index < -0.39 is 0 Å². The molecular weight excluding hydrogens is 414 g/mol. The third kappa shape index (κ3) is 5.80. The molecule has 2 aliphatic rings. The Balaban J connectivity index is 1.50. The van der Waals surface area contributed by atoms with Gasteiger partial charge in [0.15, 0.2) is 5.78 Å². The van der Waals surface area contributed by atoms with Gasteiger partial charge in [0.1, 0.15) is 16.0 Å². The van der Waals surface area contributed by atoms with Gasteiger partial charge in [-0.25, -0.2) is 0 Å². The second-order valence-corrected chi connectivity index (χ2v) is 8.92. The van der Waals surface area contributed by atoms with E-state index in [0.29, 0.717) is 30.2 Å². The Morgan fingerprint density at radius 2 is 1.87 bits per heavy atom. The molecule has 2 fully saturated rings. The second-order valence-electron chi connectivity index (χ2n) is 7.73. The number of carbonyl (C=O) groups is 3. The molecule has 0 aliphatic carbocycles. The van der Waals surface area contributed by atoms with Crippen LogP contribution in [0.15, 0.2) is 35.0 Å². The number of carbonyl (C=O) groups excluding carboxylic acids is 3. The van der Waals surface area contributed by atoms with Crippen LogP contribution in [0.1, 0.15) is 37.0 Å². The number of nitrogens with two attached hydrogens (primary N) is 1. The van der Waals surface area contributed by atoms with Crippen molar-refractivity contribution in [2.24, 2.45) is 5.73 Å². The molecule has 1 atom stereocenters. The van der Waals surface area contributed by atoms with Gasteiger partial charge in [0.25, 0.3) is 5.91 Å². The maximum atomic E-state index is 12.6. The fourth-order valence-electron chi connectivity index (χ4n) is 3.70. The lowest BCUT2D eigenvalue weighted by molar-refractivity contribution is -0.127. The van der Waals surface area contributed by atoms with Crippen LogP contribution in [0.25, 0.3) is 0 Å². The lowest BCUT2D eigenvalue weighted by Crippen LogP contribution is -2.33. The number of allylic oxidation sites excluding steroid dienone is 1. The lowest BCUT2D eigenvalue weighted by Gasteiger charge is -2.16. The van der Waals surface area contributed by atoms with Crippen molar-refractivity contribution in [3.8, 4) is 0 Å². The Hall–Kier alpha value is -2.52. The van der Waals surface area contributed by atoms with Gasteiger partial charge in [-0.15, -0.1) is 0 Å². The predicted molar refractivity (Wildman–Crippen MR) is 124 cm³/mol. The monoisotopic (exact) mass is 445 g/mol. The molecule has 4 N–H and O–H groups in total. The first-order valence-electron chi connectivity index (χ1n) is 10.7. The van der Waals surface area contributed by atoms with Crippen molar-refractivity contribution >= 4 is 35.0 Å². The molecule has 8 nitrogen and oxygen atoms in total. The number of likely N-dealkylation sites (tertiary alicyclic amines) is 1. The van der Waals surface area contributed by atoms with E-state index in [0.717, 1.165) is 25.3 Å². The van der Waals surface area contributed by atoms with Gasteiger partial charge in [0.05, 0.1) is 0 Å². The summed E-state index contributed by atoms with van der Waals surface area (Å²) in [7, 11) is 0. The Labute approximate surface area is 187 Å². The minimum Gasteiger partial charge on any atom is -0.394 e. The van der Waals surface area contributed by atoms with Gasteiger partial charge in [-0.2, -0.15) is 0 Å². The maximum absolute atomic E-state index is 12.6. The largest absolute Gasteiger partial charge is 0.394 e. The zero-order valence-corrected chi connectivity index (χ0v) is 19.0. The summed E-state index contributed by atoms with van der Waals surface area (Å²) >= 11 is 1.31. The molecule has 168 valence electrons. The predicted octanol–water partition coefficient (Wildman–Crippen LogP) is 1.60. The van der Waals surface area contributed by atoms with Crippen molar-refractivity contribution in [2.45, 2.75) is 31.9 Å². The first-order chi connectivity index (χ1) is 14.9. The van der Waals surface area contributed by atoms with Crippen molar-refractivity contribution in [3.63, 3.8) is 0 Å². The third-order valence-corrected chi connectivity index (χ3v) is 6.83. The Morgan fingerprint density at radius 1 is 1.19 bits per heavy atom. The molecule has 1 aromatic rings. The van der Waals surface area contributed by atoms with E-state index >= 15 is 0 Å². The van der Waals surface area contributed by atoms with Gasteiger partial charge in [0.2, 0.25) is 5.91 Å². The van der Waals surface area contributed by atoms with Gasteiger partial charge in [-0.1, -0.05) is 11.8 Å². The summed E-state index contributed by atoms with van der Waals surface area (Å²) < 4.78 is 0. The molecule has 2 heterocycles. The zero-order valence-electron chi connectivity index (χ0n) is 18.1. The lowest BCUT2D eigenvalue weighted by atomic mass is 10.2. The van der Waals surface area contributed by atoms with Crippen molar-refractivity contribution in [1.82, 2.24) is 15.1 Å². The highest BCUT2D eigenvalue weighted by molar-refractivity contribution is 8.04. The van der Waals surface area contributed by atoms with E-state index in [1.807, 2.05) is 19.1 Å². The van der Waals surface area contributed by atoms with Crippen LogP contribution in [-0.4, -0.2) is 71.9 Å². The second kappa shape index (κ2) is 10.7. The van der Waals surface area contributed by atoms with Crippen LogP contribution in [0.4, 0.5) is 5.69 Å². The van der Waals surface area contributed by atoms with Crippen LogP contribution in [0.2, 0.25) is 0 Å². The molecule has 0 saturated carbocycles. The Morgan fingerprint density at radius 3 is 2.48 bits per heavy atom. The quantitative estimate of drug-likeness (QED) is 0.496. The molecule has 0 spiro atoms. The highest BCUT2D eigenvalue weighted by Crippen LogP contribution is 2.36. The Bertz CT molecular complexity index is 849. The maximum Gasteiger partial charge on any atom is 0.251 e. The van der Waals surface area contributed by atoms with Crippen LogP contribution in [-0.2, 0) is 9.59 Å². The number of Topliss-reactive ketones (excluding diaryl/α,β-unsaturated/α-hetero) is 1. The number of nitrogens with one attached hydrogen (secondary N) is 2. The minimum absolute atomic E-state index is 0.0619. The van der Waals surface area contributed by atoms with Crippen LogP contribution >= 0.6 is 11.8 Å². The van der Waals surface area contributed by atoms with E-state index in [1.54, 1.807) is 17.0 Å². The summed E-state index contributed by atoms with van der Waals surface area (Å²) in [6, 6.07) is 7.21. The summed E-state index contributed by atoms with van der Waals surface area (Å²) in [6.45, 7) is 7.89. The first-order valence-corrected chi connectivity index (χ1v) is 11.6. The van der Waals surface area contributed by atoms with Crippen LogP contribution < -0.4 is 16.4 Å². The molecule has 31 heavy (non-hydrogen) atoms. The normalized spacial score (nSPS) is 20.8. The van der Waals surface area contributed by atoms with Crippen molar-refractivity contribution < 1.29 is 14.4 Å². The number of rotatable bonds is 9. The van der Waals surface area contributed by atoms with Gasteiger partial charge in [-0.05, 0) is 57.1 Å². The van der Waals surface area contributed by atoms with Gasteiger partial charge in [-0.3, -0.25) is 14.4 Å². The first kappa shape index (κ1) is 23.1. The van der Waals surface area contributed by atoms with Gasteiger partial charge >= 0.3 is 0 Å². The molecule has 9 heteroatoms. The molecule has 2 saturated heterocycles. The molecule has 0 aromatic heterocycles. The fraction of sp³-hybridized carbons (Fsp3) is 0.500. The summed E-state index contributed by atoms with van der Waals surface area (Å²) in [6.07, 6.45) is 2.48. The summed E-state index contributed by atoms with van der Waals surface area (Å²) in [4.78, 5) is 40.5. The van der Waals surface area contributed by atoms with Crippen molar-refractivity contribution in [3.05, 3.63) is 40.6 Å². The molecule has 0 radical (unpaired) electrons. The smallest absolute Gasteiger partial charge is 0.251 e. The summed E-state index contributed by atoms with van der Waals surface area (Å²) in [5.74, 6) is -0.384. The molecule has 3 rings (SSSR count). The number of benzene rings is 1. The molecule has 0 unspecified atom stereocenters. The summed E-state index contributed by atoms with van der Waals surface area (Å²) in [5, 5.41) is 6.38. The zero-order chi connectivity index (χ0) is 22.4. The summed E-state index contributed by atoms with van der Waals surface area (Å²) in [5.41, 5.74) is 7.44. The number of ketones is 1. The number of hydrogen-bond acceptors (Lipinski definition) is 7. The average molecular weight is 446 g/mol. The number of anilines is 1. The number of nitrogens with zero attached hydrogens (tertiary/aromatic N) is 2. The van der Waals surface area contributed by atoms with E-state index in [9.17, 15) is 14.4 Å². The SMILES string of the molecule is CCN1C(=O)[C@@H](CNc2ccc(C(=O)NCCN3CCCC3)cc2)S/C1=C(/N)C(C)=O. The number of amides is 2. The Kier molecular flexibility index (Phi) is 7.97. The minimum atomic E-state index is -0.360. The number of thioether (sulfide) groups is 1. The molecule has 1 aromatic carbocycles. The van der Waals surface area contributed by atoms with Crippen LogP contribution in [0.3, 0.4) is 0 Å². The van der Waals surface area contributed by atoms with E-state index in [-0.39, 0.29) is 28.5 Å². The van der Waals surface area contributed by atoms with E-state index in [4.69, 9.17) is 5.73 Å². The van der Waals surface area contributed by atoms with Crippen molar-refractivity contribution in [1.29, 1.82) is 0 Å². The highest BCUT2D eigenvalue weighted by atomic mass is 32.2. The van der Waals surface area contributed by atoms with E-state index in [1.165, 1.54) is 31.5 Å². The van der Waals surface area contributed by atoms with Crippen molar-refractivity contribution in [2.75, 3.05) is 44.6 Å². The van der Waals surface area contributed by atoms with Crippen LogP contribution in [0.5, 0.6) is 0 Å². The average Bonchev–Trinajstić information content (AvgIpc) is 3.39. The molecule has 2 amide bonds. The molecular formula is C22H31N5O3S. The topological polar surface area (TPSA) is 108 Å². The molecule has 0 bridgehead atoms. The van der Waals surface area contributed by atoms with Gasteiger partial charge < -0.3 is 26.2 Å². The number of hydrogen-bond donors (Lipinski definition) is 3. The van der Waals surface area contributed by atoms with Crippen LogP contribution in [0, 0.1) is 0 Å². The van der Waals surface area contributed by atoms with Gasteiger partial charge in [0, 0.05) is 44.4 Å². The fourth-order valence-corrected chi connectivity index (χ4v) is 4.98. The highest BCUT2D eigenvalue weighted by Gasteiger charge is 2.37. The third-order valence-electron chi connectivity index (χ3n) is 5.52. The molecule has 2 aliphatic heterocycles. The van der Waals surface area contributed by atoms with E-state index in [2.05, 4.69) is 15.5 Å².